The number of carbonyl (C=O) groups excluding carboxylic acids is 1. The first kappa shape index (κ1) is 18.6. The number of piperazine rings is 1. The van der Waals surface area contributed by atoms with E-state index in [4.69, 9.17) is 4.52 Å². The Morgan fingerprint density at radius 1 is 1.18 bits per heavy atom. The molecule has 0 bridgehead atoms. The van der Waals surface area contributed by atoms with Gasteiger partial charge in [0.25, 0.3) is 0 Å². The maximum Gasteiger partial charge on any atom is 0.246 e. The first-order valence-electron chi connectivity index (χ1n) is 9.30. The molecule has 1 fully saturated rings. The SMILES string of the molecule is Cc1ccc(-c2noc(CN3CCN(C(=O)/C=C/c4cccs4)CC3)n2)cc1. The zero-order valence-electron chi connectivity index (χ0n) is 15.7. The molecule has 1 aliphatic heterocycles. The third kappa shape index (κ3) is 4.55. The fourth-order valence-corrected chi connectivity index (χ4v) is 3.72. The van der Waals surface area contributed by atoms with E-state index in [0.717, 1.165) is 23.5 Å². The Hall–Kier alpha value is -2.77. The van der Waals surface area contributed by atoms with E-state index in [1.54, 1.807) is 17.4 Å². The van der Waals surface area contributed by atoms with Crippen molar-refractivity contribution in [3.05, 3.63) is 64.2 Å². The summed E-state index contributed by atoms with van der Waals surface area (Å²) in [4.78, 5) is 22.0. The van der Waals surface area contributed by atoms with Gasteiger partial charge in [-0.05, 0) is 24.4 Å². The van der Waals surface area contributed by atoms with Gasteiger partial charge in [-0.2, -0.15) is 4.98 Å². The van der Waals surface area contributed by atoms with Crippen molar-refractivity contribution >= 4 is 23.3 Å². The molecule has 1 aliphatic rings. The summed E-state index contributed by atoms with van der Waals surface area (Å²) in [5.74, 6) is 1.28. The summed E-state index contributed by atoms with van der Waals surface area (Å²) < 4.78 is 5.41. The van der Waals surface area contributed by atoms with Crippen LogP contribution in [-0.2, 0) is 11.3 Å². The molecule has 0 unspecified atom stereocenters. The molecule has 0 N–H and O–H groups in total. The molecule has 4 rings (SSSR count). The lowest BCUT2D eigenvalue weighted by molar-refractivity contribution is -0.127. The number of amides is 1. The van der Waals surface area contributed by atoms with Gasteiger partial charge in [-0.1, -0.05) is 41.1 Å². The highest BCUT2D eigenvalue weighted by molar-refractivity contribution is 7.10. The fraction of sp³-hybridized carbons (Fsp3) is 0.286. The number of aromatic nitrogens is 2. The van der Waals surface area contributed by atoms with Gasteiger partial charge in [0.1, 0.15) is 0 Å². The van der Waals surface area contributed by atoms with E-state index in [1.807, 2.05) is 59.7 Å². The van der Waals surface area contributed by atoms with Gasteiger partial charge >= 0.3 is 0 Å². The number of nitrogens with zero attached hydrogens (tertiary/aromatic N) is 4. The maximum atomic E-state index is 12.3. The van der Waals surface area contributed by atoms with Crippen molar-refractivity contribution in [3.8, 4) is 11.4 Å². The van der Waals surface area contributed by atoms with Crippen LogP contribution in [0.25, 0.3) is 17.5 Å². The smallest absolute Gasteiger partial charge is 0.246 e. The minimum absolute atomic E-state index is 0.0625. The number of hydrogen-bond acceptors (Lipinski definition) is 6. The van der Waals surface area contributed by atoms with Gasteiger partial charge in [0.05, 0.1) is 6.54 Å². The Morgan fingerprint density at radius 3 is 2.68 bits per heavy atom. The maximum absolute atomic E-state index is 12.3. The van der Waals surface area contributed by atoms with E-state index >= 15 is 0 Å². The molecule has 0 atom stereocenters. The van der Waals surface area contributed by atoms with Crippen LogP contribution in [0.15, 0.2) is 52.4 Å². The zero-order chi connectivity index (χ0) is 19.3. The molecule has 0 radical (unpaired) electrons. The molecule has 3 heterocycles. The summed E-state index contributed by atoms with van der Waals surface area (Å²) in [6.45, 7) is 5.64. The van der Waals surface area contributed by atoms with E-state index < -0.39 is 0 Å². The zero-order valence-corrected chi connectivity index (χ0v) is 16.6. The van der Waals surface area contributed by atoms with Crippen molar-refractivity contribution in [2.45, 2.75) is 13.5 Å². The van der Waals surface area contributed by atoms with Crippen LogP contribution in [0.2, 0.25) is 0 Å². The number of rotatable bonds is 5. The van der Waals surface area contributed by atoms with E-state index in [9.17, 15) is 4.79 Å². The van der Waals surface area contributed by atoms with Crippen LogP contribution < -0.4 is 0 Å². The first-order chi connectivity index (χ1) is 13.7. The van der Waals surface area contributed by atoms with Gasteiger partial charge in [-0.3, -0.25) is 9.69 Å². The lowest BCUT2D eigenvalue weighted by atomic mass is 10.1. The number of benzene rings is 1. The average molecular weight is 395 g/mol. The molecule has 2 aromatic heterocycles. The van der Waals surface area contributed by atoms with Crippen LogP contribution in [0.3, 0.4) is 0 Å². The van der Waals surface area contributed by atoms with Crippen LogP contribution >= 0.6 is 11.3 Å². The summed E-state index contributed by atoms with van der Waals surface area (Å²) >= 11 is 1.63. The fourth-order valence-electron chi connectivity index (χ4n) is 3.10. The number of hydrogen-bond donors (Lipinski definition) is 0. The van der Waals surface area contributed by atoms with Crippen molar-refractivity contribution in [1.82, 2.24) is 19.9 Å². The highest BCUT2D eigenvalue weighted by Gasteiger charge is 2.21. The Morgan fingerprint density at radius 2 is 1.96 bits per heavy atom. The third-order valence-corrected chi connectivity index (χ3v) is 5.59. The summed E-state index contributed by atoms with van der Waals surface area (Å²) in [5.41, 5.74) is 2.15. The molecule has 0 saturated carbocycles. The van der Waals surface area contributed by atoms with Crippen molar-refractivity contribution in [1.29, 1.82) is 0 Å². The minimum Gasteiger partial charge on any atom is -0.338 e. The van der Waals surface area contributed by atoms with Crippen LogP contribution in [-0.4, -0.2) is 52.0 Å². The highest BCUT2D eigenvalue weighted by atomic mass is 32.1. The van der Waals surface area contributed by atoms with Crippen molar-refractivity contribution < 1.29 is 9.32 Å². The second-order valence-electron chi connectivity index (χ2n) is 6.83. The third-order valence-electron chi connectivity index (χ3n) is 4.75. The predicted octanol–water partition coefficient (Wildman–Crippen LogP) is 3.46. The second kappa shape index (κ2) is 8.50. The summed E-state index contributed by atoms with van der Waals surface area (Å²) in [5, 5.41) is 6.09. The van der Waals surface area contributed by atoms with Crippen LogP contribution in [0.1, 0.15) is 16.3 Å². The van der Waals surface area contributed by atoms with Gasteiger partial charge in [0.2, 0.25) is 17.6 Å². The average Bonchev–Trinajstić information content (AvgIpc) is 3.39. The molecule has 7 heteroatoms. The molecule has 6 nitrogen and oxygen atoms in total. The van der Waals surface area contributed by atoms with Crippen LogP contribution in [0, 0.1) is 6.92 Å². The van der Waals surface area contributed by atoms with Gasteiger partial charge in [-0.15, -0.1) is 11.3 Å². The lowest BCUT2D eigenvalue weighted by Gasteiger charge is -2.33. The molecular weight excluding hydrogens is 372 g/mol. The second-order valence-corrected chi connectivity index (χ2v) is 7.81. The topological polar surface area (TPSA) is 62.5 Å². The lowest BCUT2D eigenvalue weighted by Crippen LogP contribution is -2.47. The summed E-state index contributed by atoms with van der Waals surface area (Å²) in [6, 6.07) is 12.1. The quantitative estimate of drug-likeness (QED) is 0.620. The molecule has 28 heavy (non-hydrogen) atoms. The minimum atomic E-state index is 0.0625. The summed E-state index contributed by atoms with van der Waals surface area (Å²) in [6.07, 6.45) is 3.54. The molecule has 0 spiro atoms. The first-order valence-corrected chi connectivity index (χ1v) is 10.2. The van der Waals surface area contributed by atoms with Crippen molar-refractivity contribution in [2.75, 3.05) is 26.2 Å². The van der Waals surface area contributed by atoms with E-state index in [-0.39, 0.29) is 5.91 Å². The van der Waals surface area contributed by atoms with E-state index in [1.165, 1.54) is 5.56 Å². The molecule has 0 aliphatic carbocycles. The molecule has 1 aromatic carbocycles. The van der Waals surface area contributed by atoms with Crippen molar-refractivity contribution in [2.24, 2.45) is 0 Å². The number of carbonyl (C=O) groups is 1. The Kier molecular flexibility index (Phi) is 5.64. The molecule has 1 amide bonds. The van der Waals surface area contributed by atoms with Gasteiger partial charge < -0.3 is 9.42 Å². The van der Waals surface area contributed by atoms with Crippen molar-refractivity contribution in [3.63, 3.8) is 0 Å². The highest BCUT2D eigenvalue weighted by Crippen LogP contribution is 2.17. The van der Waals surface area contributed by atoms with Gasteiger partial charge in [0.15, 0.2) is 0 Å². The molecule has 3 aromatic rings. The van der Waals surface area contributed by atoms with Crippen LogP contribution in [0.5, 0.6) is 0 Å². The number of thiophene rings is 1. The van der Waals surface area contributed by atoms with E-state index in [0.29, 0.717) is 31.3 Å². The molecular formula is C21H22N4O2S. The van der Waals surface area contributed by atoms with Gasteiger partial charge in [-0.25, -0.2) is 0 Å². The Balaban J connectivity index is 1.29. The predicted molar refractivity (Wildman–Crippen MR) is 110 cm³/mol. The molecule has 1 saturated heterocycles. The monoisotopic (exact) mass is 394 g/mol. The van der Waals surface area contributed by atoms with Gasteiger partial charge in [0, 0.05) is 42.7 Å². The van der Waals surface area contributed by atoms with Crippen LogP contribution in [0.4, 0.5) is 0 Å². The largest absolute Gasteiger partial charge is 0.338 e. The normalized spacial score (nSPS) is 15.4. The number of aryl methyl sites for hydroxylation is 1. The summed E-state index contributed by atoms with van der Waals surface area (Å²) in [7, 11) is 0. The Bertz CT molecular complexity index is 939. The van der Waals surface area contributed by atoms with E-state index in [2.05, 4.69) is 15.0 Å². The standard InChI is InChI=1S/C21H22N4O2S/c1-16-4-6-17(7-5-16)21-22-19(27-23-21)15-24-10-12-25(13-11-24)20(26)9-8-18-3-2-14-28-18/h2-9,14H,10-13,15H2,1H3/b9-8+. The Labute approximate surface area is 168 Å². The molecule has 144 valence electrons.